The van der Waals surface area contributed by atoms with E-state index in [0.717, 1.165) is 6.42 Å². The number of nitrogens with zero attached hydrogens (tertiary/aromatic N) is 1. The van der Waals surface area contributed by atoms with E-state index in [-0.39, 0.29) is 12.1 Å². The maximum absolute atomic E-state index is 9.63. The molecule has 18 heavy (non-hydrogen) atoms. The van der Waals surface area contributed by atoms with Crippen molar-refractivity contribution in [3.8, 4) is 0 Å². The molecule has 2 N–H and O–H groups in total. The molecule has 0 fully saturated rings. The van der Waals surface area contributed by atoms with Crippen molar-refractivity contribution in [3.63, 3.8) is 0 Å². The molecule has 0 bridgehead atoms. The van der Waals surface area contributed by atoms with E-state index in [0.29, 0.717) is 24.0 Å². The van der Waals surface area contributed by atoms with Gasteiger partial charge in [0.25, 0.3) is 0 Å². The van der Waals surface area contributed by atoms with Crippen molar-refractivity contribution < 1.29 is 5.11 Å². The van der Waals surface area contributed by atoms with E-state index in [1.54, 1.807) is 0 Å². The van der Waals surface area contributed by atoms with Gasteiger partial charge in [0.15, 0.2) is 0 Å². The third kappa shape index (κ3) is 5.68. The minimum atomic E-state index is -0.196. The Balaban J connectivity index is 4.55. The first kappa shape index (κ1) is 17.9. The highest BCUT2D eigenvalue weighted by molar-refractivity contribution is 4.89. The second kappa shape index (κ2) is 7.46. The van der Waals surface area contributed by atoms with Gasteiger partial charge >= 0.3 is 0 Å². The molecule has 0 spiro atoms. The maximum atomic E-state index is 9.63. The molecule has 110 valence electrons. The van der Waals surface area contributed by atoms with Crippen LogP contribution in [0.5, 0.6) is 0 Å². The van der Waals surface area contributed by atoms with Crippen molar-refractivity contribution in [1.82, 2.24) is 10.2 Å². The molecule has 0 amide bonds. The number of rotatable bonds is 8. The average Bonchev–Trinajstić information content (AvgIpc) is 2.25. The van der Waals surface area contributed by atoms with Crippen LogP contribution in [0.25, 0.3) is 0 Å². The lowest BCUT2D eigenvalue weighted by molar-refractivity contribution is 0.0923. The van der Waals surface area contributed by atoms with Crippen molar-refractivity contribution in [2.24, 2.45) is 5.92 Å². The zero-order valence-electron chi connectivity index (χ0n) is 13.6. The normalized spacial score (nSPS) is 19.3. The first-order valence-electron chi connectivity index (χ1n) is 7.23. The highest BCUT2D eigenvalue weighted by atomic mass is 16.3. The molecule has 0 radical (unpaired) electrons. The fraction of sp³-hybridized carbons (Fsp3) is 1.00. The summed E-state index contributed by atoms with van der Waals surface area (Å²) in [6.07, 6.45) is 0.954. The number of aliphatic hydroxyl groups excluding tert-OH is 1. The molecule has 0 aliphatic heterocycles. The quantitative estimate of drug-likeness (QED) is 0.702. The second-order valence-corrected chi connectivity index (χ2v) is 6.72. The predicted octanol–water partition coefficient (Wildman–Crippen LogP) is 2.49. The fourth-order valence-electron chi connectivity index (χ4n) is 2.53. The summed E-state index contributed by atoms with van der Waals surface area (Å²) in [5.41, 5.74) is -0.196. The summed E-state index contributed by atoms with van der Waals surface area (Å²) in [5.74, 6) is 0.649. The van der Waals surface area contributed by atoms with Crippen LogP contribution >= 0.6 is 0 Å². The van der Waals surface area contributed by atoms with Crippen LogP contribution in [0, 0.1) is 5.92 Å². The lowest BCUT2D eigenvalue weighted by Crippen LogP contribution is -2.53. The fourth-order valence-corrected chi connectivity index (χ4v) is 2.53. The smallest absolute Gasteiger partial charge is 0.0611 e. The first-order chi connectivity index (χ1) is 8.13. The van der Waals surface area contributed by atoms with E-state index >= 15 is 0 Å². The Morgan fingerprint density at radius 1 is 1.11 bits per heavy atom. The molecule has 0 aliphatic rings. The number of hydrogen-bond donors (Lipinski definition) is 2. The Kier molecular flexibility index (Phi) is 7.41. The zero-order chi connectivity index (χ0) is 14.5. The molecule has 0 aromatic carbocycles. The number of nitrogens with one attached hydrogen (secondary N) is 1. The van der Waals surface area contributed by atoms with Crippen molar-refractivity contribution >= 4 is 0 Å². The molecule has 0 heterocycles. The van der Waals surface area contributed by atoms with Crippen LogP contribution in [-0.4, -0.2) is 47.3 Å². The molecule has 0 aromatic heterocycles. The van der Waals surface area contributed by atoms with Crippen LogP contribution < -0.4 is 5.32 Å². The monoisotopic (exact) mass is 258 g/mol. The van der Waals surface area contributed by atoms with Crippen LogP contribution in [0.15, 0.2) is 0 Å². The van der Waals surface area contributed by atoms with Gasteiger partial charge < -0.3 is 15.3 Å². The van der Waals surface area contributed by atoms with E-state index < -0.39 is 0 Å². The third-order valence-electron chi connectivity index (χ3n) is 4.03. The topological polar surface area (TPSA) is 35.5 Å². The highest BCUT2D eigenvalue weighted by Crippen LogP contribution is 2.20. The lowest BCUT2D eigenvalue weighted by Gasteiger charge is -2.39. The zero-order valence-corrected chi connectivity index (χ0v) is 13.6. The van der Waals surface area contributed by atoms with E-state index in [9.17, 15) is 5.11 Å². The van der Waals surface area contributed by atoms with Gasteiger partial charge in [-0.1, -0.05) is 27.7 Å². The minimum absolute atomic E-state index is 0.180. The third-order valence-corrected chi connectivity index (χ3v) is 4.03. The summed E-state index contributed by atoms with van der Waals surface area (Å²) in [4.78, 5) is 2.42. The average molecular weight is 258 g/mol. The van der Waals surface area contributed by atoms with Crippen LogP contribution in [-0.2, 0) is 0 Å². The summed E-state index contributed by atoms with van der Waals surface area (Å²) in [5, 5.41) is 13.1. The first-order valence-corrected chi connectivity index (χ1v) is 7.23. The van der Waals surface area contributed by atoms with Gasteiger partial charge in [-0.15, -0.1) is 0 Å². The Bertz CT molecular complexity index is 231. The van der Waals surface area contributed by atoms with Gasteiger partial charge in [0.2, 0.25) is 0 Å². The molecule has 0 saturated heterocycles. The summed E-state index contributed by atoms with van der Waals surface area (Å²) >= 11 is 0. The summed E-state index contributed by atoms with van der Waals surface area (Å²) in [6, 6.07) is 1.40. The van der Waals surface area contributed by atoms with Crippen molar-refractivity contribution in [2.75, 3.05) is 13.7 Å². The lowest BCUT2D eigenvalue weighted by atomic mass is 9.91. The van der Waals surface area contributed by atoms with Gasteiger partial charge in [-0.25, -0.2) is 0 Å². The van der Waals surface area contributed by atoms with Crippen molar-refractivity contribution in [1.29, 1.82) is 0 Å². The molecule has 3 unspecified atom stereocenters. The number of aliphatic hydroxyl groups is 1. The van der Waals surface area contributed by atoms with Gasteiger partial charge in [0.05, 0.1) is 6.61 Å². The molecular weight excluding hydrogens is 224 g/mol. The maximum Gasteiger partial charge on any atom is 0.0611 e. The van der Waals surface area contributed by atoms with Crippen LogP contribution in [0.2, 0.25) is 0 Å². The van der Waals surface area contributed by atoms with Crippen molar-refractivity contribution in [3.05, 3.63) is 0 Å². The van der Waals surface area contributed by atoms with Crippen LogP contribution in [0.4, 0.5) is 0 Å². The van der Waals surface area contributed by atoms with Gasteiger partial charge in [0.1, 0.15) is 0 Å². The molecule has 0 saturated carbocycles. The van der Waals surface area contributed by atoms with E-state index in [4.69, 9.17) is 0 Å². The minimum Gasteiger partial charge on any atom is -0.394 e. The Morgan fingerprint density at radius 2 is 1.61 bits per heavy atom. The summed E-state index contributed by atoms with van der Waals surface area (Å²) < 4.78 is 0. The van der Waals surface area contributed by atoms with Gasteiger partial charge in [-0.05, 0) is 40.2 Å². The molecular formula is C15H34N2O. The molecule has 3 nitrogen and oxygen atoms in total. The van der Waals surface area contributed by atoms with E-state index in [1.807, 2.05) is 0 Å². The molecule has 0 rings (SSSR count). The number of hydrogen-bond acceptors (Lipinski definition) is 3. The van der Waals surface area contributed by atoms with Crippen LogP contribution in [0.1, 0.15) is 54.9 Å². The Hall–Kier alpha value is -0.120. The van der Waals surface area contributed by atoms with Crippen LogP contribution in [0.3, 0.4) is 0 Å². The molecule has 0 aliphatic carbocycles. The predicted molar refractivity (Wildman–Crippen MR) is 79.9 cm³/mol. The Morgan fingerprint density at radius 3 is 1.94 bits per heavy atom. The standard InChI is InChI=1S/C15H34N2O/c1-11(2)14(6)17(8)13(5)9-15(7,10-18)16-12(3)4/h11-14,16,18H,9-10H2,1-8H3. The summed E-state index contributed by atoms with van der Waals surface area (Å²) in [6.45, 7) is 15.6. The Labute approximate surface area is 114 Å². The summed E-state index contributed by atoms with van der Waals surface area (Å²) in [7, 11) is 2.18. The van der Waals surface area contributed by atoms with E-state index in [2.05, 4.69) is 65.7 Å². The van der Waals surface area contributed by atoms with Crippen molar-refractivity contribution in [2.45, 2.75) is 78.6 Å². The second-order valence-electron chi connectivity index (χ2n) is 6.72. The molecule has 3 heteroatoms. The SMILES string of the molecule is CC(C)NC(C)(CO)CC(C)N(C)C(C)C(C)C. The van der Waals surface area contributed by atoms with Gasteiger partial charge in [-0.2, -0.15) is 0 Å². The van der Waals surface area contributed by atoms with Gasteiger partial charge in [0, 0.05) is 23.7 Å². The molecule has 3 atom stereocenters. The van der Waals surface area contributed by atoms with E-state index in [1.165, 1.54) is 0 Å². The highest BCUT2D eigenvalue weighted by Gasteiger charge is 2.29. The largest absolute Gasteiger partial charge is 0.394 e. The molecule has 0 aromatic rings. The van der Waals surface area contributed by atoms with Gasteiger partial charge in [-0.3, -0.25) is 0 Å².